The molecule has 0 bridgehead atoms. The summed E-state index contributed by atoms with van der Waals surface area (Å²) in [6.45, 7) is 9.23. The van der Waals surface area contributed by atoms with Crippen LogP contribution in [0.15, 0.2) is 24.3 Å². The highest BCUT2D eigenvalue weighted by Gasteiger charge is 2.41. The quantitative estimate of drug-likeness (QED) is 0.827. The Hall–Kier alpha value is -1.14. The lowest BCUT2D eigenvalue weighted by atomic mass is 9.73. The zero-order valence-electron chi connectivity index (χ0n) is 15.1. The monoisotopic (exact) mass is 367 g/mol. The predicted octanol–water partition coefficient (Wildman–Crippen LogP) is 1.49. The van der Waals surface area contributed by atoms with Gasteiger partial charge in [-0.2, -0.15) is 0 Å². The first-order chi connectivity index (χ1) is 11.7. The van der Waals surface area contributed by atoms with Crippen molar-refractivity contribution >= 4 is 18.3 Å². The standard InChI is InChI=1S/C19H29N3O2.ClH/c1-16-2-4-17(5-3-16)19(6-14-24-15-7-19)18(23)21-10-13-22-11-8-20-9-12-22;/h2-5,20H,6-15H2,1H3,(H,21,23);1H. The molecule has 5 nitrogen and oxygen atoms in total. The Balaban J connectivity index is 0.00000225. The molecule has 140 valence electrons. The minimum atomic E-state index is -0.435. The molecule has 1 aromatic carbocycles. The molecule has 2 saturated heterocycles. The fraction of sp³-hybridized carbons (Fsp3) is 0.632. The van der Waals surface area contributed by atoms with Crippen LogP contribution in [-0.4, -0.2) is 63.3 Å². The molecule has 2 fully saturated rings. The highest BCUT2D eigenvalue weighted by atomic mass is 35.5. The minimum Gasteiger partial charge on any atom is -0.381 e. The summed E-state index contributed by atoms with van der Waals surface area (Å²) in [5, 5.41) is 6.55. The van der Waals surface area contributed by atoms with Crippen molar-refractivity contribution in [2.75, 3.05) is 52.5 Å². The number of benzene rings is 1. The van der Waals surface area contributed by atoms with Crippen molar-refractivity contribution in [3.8, 4) is 0 Å². The van der Waals surface area contributed by atoms with Gasteiger partial charge in [0.2, 0.25) is 5.91 Å². The smallest absolute Gasteiger partial charge is 0.230 e. The largest absolute Gasteiger partial charge is 0.381 e. The van der Waals surface area contributed by atoms with Crippen LogP contribution in [0.4, 0.5) is 0 Å². The van der Waals surface area contributed by atoms with Crippen molar-refractivity contribution in [3.05, 3.63) is 35.4 Å². The van der Waals surface area contributed by atoms with Crippen LogP contribution < -0.4 is 10.6 Å². The number of hydrogen-bond donors (Lipinski definition) is 2. The Bertz CT molecular complexity index is 538. The van der Waals surface area contributed by atoms with Crippen LogP contribution in [-0.2, 0) is 14.9 Å². The molecule has 2 aliphatic rings. The molecule has 0 aromatic heterocycles. The zero-order chi connectivity index (χ0) is 16.8. The molecule has 0 atom stereocenters. The Labute approximate surface area is 156 Å². The number of piperazine rings is 1. The van der Waals surface area contributed by atoms with Crippen LogP contribution >= 0.6 is 12.4 Å². The second kappa shape index (κ2) is 9.53. The molecule has 6 heteroatoms. The van der Waals surface area contributed by atoms with Gasteiger partial charge in [-0.3, -0.25) is 9.69 Å². The molecule has 0 spiro atoms. The van der Waals surface area contributed by atoms with E-state index in [0.717, 1.165) is 51.1 Å². The van der Waals surface area contributed by atoms with Gasteiger partial charge in [0.1, 0.15) is 0 Å². The molecule has 1 aromatic rings. The number of rotatable bonds is 5. The molecule has 1 amide bonds. The van der Waals surface area contributed by atoms with Gasteiger partial charge in [0.05, 0.1) is 5.41 Å². The summed E-state index contributed by atoms with van der Waals surface area (Å²) in [5.74, 6) is 0.157. The number of nitrogens with one attached hydrogen (secondary N) is 2. The van der Waals surface area contributed by atoms with Crippen molar-refractivity contribution in [2.45, 2.75) is 25.2 Å². The van der Waals surface area contributed by atoms with E-state index in [4.69, 9.17) is 4.74 Å². The minimum absolute atomic E-state index is 0. The molecular weight excluding hydrogens is 338 g/mol. The Morgan fingerprint density at radius 1 is 1.20 bits per heavy atom. The lowest BCUT2D eigenvalue weighted by molar-refractivity contribution is -0.130. The molecule has 25 heavy (non-hydrogen) atoms. The van der Waals surface area contributed by atoms with Gasteiger partial charge in [-0.1, -0.05) is 29.8 Å². The van der Waals surface area contributed by atoms with E-state index in [2.05, 4.69) is 46.7 Å². The first kappa shape index (κ1) is 20.2. The fourth-order valence-electron chi connectivity index (χ4n) is 3.67. The first-order valence-electron chi connectivity index (χ1n) is 9.07. The number of carbonyl (C=O) groups excluding carboxylic acids is 1. The summed E-state index contributed by atoms with van der Waals surface area (Å²) < 4.78 is 5.52. The van der Waals surface area contributed by atoms with Crippen molar-refractivity contribution in [1.29, 1.82) is 0 Å². The lowest BCUT2D eigenvalue weighted by Crippen LogP contribution is -2.51. The van der Waals surface area contributed by atoms with E-state index in [9.17, 15) is 4.79 Å². The van der Waals surface area contributed by atoms with E-state index in [0.29, 0.717) is 19.8 Å². The third-order valence-electron chi connectivity index (χ3n) is 5.31. The second-order valence-electron chi connectivity index (χ2n) is 6.91. The van der Waals surface area contributed by atoms with Crippen molar-refractivity contribution in [1.82, 2.24) is 15.5 Å². The number of halogens is 1. The molecule has 0 saturated carbocycles. The molecule has 0 unspecified atom stereocenters. The molecule has 3 rings (SSSR count). The molecule has 0 aliphatic carbocycles. The van der Waals surface area contributed by atoms with Gasteiger partial charge in [0.25, 0.3) is 0 Å². The third kappa shape index (κ3) is 4.94. The number of amides is 1. The van der Waals surface area contributed by atoms with E-state index in [1.54, 1.807) is 0 Å². The van der Waals surface area contributed by atoms with E-state index in [1.807, 2.05) is 0 Å². The number of nitrogens with zero attached hydrogens (tertiary/aromatic N) is 1. The van der Waals surface area contributed by atoms with E-state index < -0.39 is 5.41 Å². The molecule has 0 radical (unpaired) electrons. The number of aryl methyl sites for hydroxylation is 1. The molecule has 2 aliphatic heterocycles. The highest BCUT2D eigenvalue weighted by Crippen LogP contribution is 2.35. The normalized spacial score (nSPS) is 20.5. The van der Waals surface area contributed by atoms with Gasteiger partial charge in [-0.15, -0.1) is 12.4 Å². The summed E-state index contributed by atoms with van der Waals surface area (Å²) in [7, 11) is 0. The van der Waals surface area contributed by atoms with Crippen LogP contribution in [0.2, 0.25) is 0 Å². The van der Waals surface area contributed by atoms with E-state index in [-0.39, 0.29) is 18.3 Å². The van der Waals surface area contributed by atoms with Crippen LogP contribution in [0.1, 0.15) is 24.0 Å². The third-order valence-corrected chi connectivity index (χ3v) is 5.31. The van der Waals surface area contributed by atoms with Crippen molar-refractivity contribution < 1.29 is 9.53 Å². The Morgan fingerprint density at radius 2 is 1.84 bits per heavy atom. The average molecular weight is 368 g/mol. The van der Waals surface area contributed by atoms with Gasteiger partial charge in [0, 0.05) is 52.5 Å². The van der Waals surface area contributed by atoms with Gasteiger partial charge >= 0.3 is 0 Å². The fourth-order valence-corrected chi connectivity index (χ4v) is 3.67. The summed E-state index contributed by atoms with van der Waals surface area (Å²) >= 11 is 0. The molecule has 2 N–H and O–H groups in total. The topological polar surface area (TPSA) is 53.6 Å². The highest BCUT2D eigenvalue weighted by molar-refractivity contribution is 5.88. The van der Waals surface area contributed by atoms with E-state index >= 15 is 0 Å². The number of hydrogen-bond acceptors (Lipinski definition) is 4. The predicted molar refractivity (Wildman–Crippen MR) is 102 cm³/mol. The summed E-state index contributed by atoms with van der Waals surface area (Å²) in [6.07, 6.45) is 1.52. The summed E-state index contributed by atoms with van der Waals surface area (Å²) in [4.78, 5) is 15.5. The van der Waals surface area contributed by atoms with Crippen molar-refractivity contribution in [2.24, 2.45) is 0 Å². The van der Waals surface area contributed by atoms with Crippen LogP contribution in [0.25, 0.3) is 0 Å². The van der Waals surface area contributed by atoms with Crippen LogP contribution in [0.3, 0.4) is 0 Å². The maximum Gasteiger partial charge on any atom is 0.230 e. The molecule has 2 heterocycles. The average Bonchev–Trinajstić information content (AvgIpc) is 2.63. The van der Waals surface area contributed by atoms with Gasteiger partial charge < -0.3 is 15.4 Å². The van der Waals surface area contributed by atoms with Gasteiger partial charge in [0.15, 0.2) is 0 Å². The van der Waals surface area contributed by atoms with E-state index in [1.165, 1.54) is 5.56 Å². The molecular formula is C19H30ClN3O2. The van der Waals surface area contributed by atoms with Crippen molar-refractivity contribution in [3.63, 3.8) is 0 Å². The van der Waals surface area contributed by atoms with Gasteiger partial charge in [-0.05, 0) is 25.3 Å². The maximum atomic E-state index is 13.0. The second-order valence-corrected chi connectivity index (χ2v) is 6.91. The summed E-state index contributed by atoms with van der Waals surface area (Å²) in [6, 6.07) is 8.41. The van der Waals surface area contributed by atoms with Gasteiger partial charge in [-0.25, -0.2) is 0 Å². The van der Waals surface area contributed by atoms with Crippen LogP contribution in [0, 0.1) is 6.92 Å². The Kier molecular flexibility index (Phi) is 7.69. The number of ether oxygens (including phenoxy) is 1. The van der Waals surface area contributed by atoms with Crippen LogP contribution in [0.5, 0.6) is 0 Å². The number of carbonyl (C=O) groups is 1. The maximum absolute atomic E-state index is 13.0. The SMILES string of the molecule is Cc1ccc(C2(C(=O)NCCN3CCNCC3)CCOCC2)cc1.Cl. The summed E-state index contributed by atoms with van der Waals surface area (Å²) in [5.41, 5.74) is 1.91. The zero-order valence-corrected chi connectivity index (χ0v) is 15.9. The lowest BCUT2D eigenvalue weighted by Gasteiger charge is -2.36. The first-order valence-corrected chi connectivity index (χ1v) is 9.07. The Morgan fingerprint density at radius 3 is 2.48 bits per heavy atom.